The number of ether oxygens (including phenoxy) is 1. The van der Waals surface area contributed by atoms with Crippen LogP contribution in [0.2, 0.25) is 0 Å². The molecule has 2 N–H and O–H groups in total. The summed E-state index contributed by atoms with van der Waals surface area (Å²) in [4.78, 5) is 10.8. The third-order valence-corrected chi connectivity index (χ3v) is 2.15. The lowest BCUT2D eigenvalue weighted by Gasteiger charge is -2.04. The van der Waals surface area contributed by atoms with Gasteiger partial charge in [0.2, 0.25) is 0 Å². The van der Waals surface area contributed by atoms with Crippen LogP contribution >= 0.6 is 0 Å². The molecular formula is C11H9FN2O3. The Morgan fingerprint density at radius 1 is 1.41 bits per heavy atom. The van der Waals surface area contributed by atoms with Gasteiger partial charge in [-0.3, -0.25) is 5.10 Å². The summed E-state index contributed by atoms with van der Waals surface area (Å²) in [5, 5.41) is 15.0. The number of H-pyrrole nitrogens is 1. The van der Waals surface area contributed by atoms with Crippen molar-refractivity contribution in [3.05, 3.63) is 47.5 Å². The van der Waals surface area contributed by atoms with Crippen molar-refractivity contribution in [1.29, 1.82) is 0 Å². The number of halogens is 1. The molecule has 0 bridgehead atoms. The van der Waals surface area contributed by atoms with E-state index in [9.17, 15) is 9.18 Å². The molecule has 0 saturated carbocycles. The van der Waals surface area contributed by atoms with E-state index >= 15 is 0 Å². The molecule has 5 nitrogen and oxygen atoms in total. The molecule has 0 aliphatic rings. The zero-order chi connectivity index (χ0) is 12.3. The van der Waals surface area contributed by atoms with Gasteiger partial charge in [0.1, 0.15) is 23.7 Å². The minimum atomic E-state index is -1.07. The molecule has 2 aromatic rings. The lowest BCUT2D eigenvalue weighted by atomic mass is 10.2. The van der Waals surface area contributed by atoms with E-state index < -0.39 is 5.97 Å². The summed E-state index contributed by atoms with van der Waals surface area (Å²) in [7, 11) is 0. The summed E-state index contributed by atoms with van der Waals surface area (Å²) in [5.74, 6) is -0.973. The van der Waals surface area contributed by atoms with Gasteiger partial charge in [0.05, 0.1) is 11.9 Å². The molecule has 0 aliphatic carbocycles. The molecule has 1 heterocycles. The van der Waals surface area contributed by atoms with Gasteiger partial charge in [0, 0.05) is 0 Å². The summed E-state index contributed by atoms with van der Waals surface area (Å²) < 4.78 is 17.9. The Balaban J connectivity index is 2.05. The van der Waals surface area contributed by atoms with Crippen LogP contribution in [0, 0.1) is 5.82 Å². The highest BCUT2D eigenvalue weighted by Crippen LogP contribution is 2.14. The van der Waals surface area contributed by atoms with Gasteiger partial charge in [-0.15, -0.1) is 0 Å². The Kier molecular flexibility index (Phi) is 3.04. The van der Waals surface area contributed by atoms with E-state index in [4.69, 9.17) is 9.84 Å². The van der Waals surface area contributed by atoms with Crippen LogP contribution in [0.25, 0.3) is 0 Å². The van der Waals surface area contributed by atoms with Crippen LogP contribution in [0.15, 0.2) is 30.5 Å². The Hall–Kier alpha value is -2.37. The normalized spacial score (nSPS) is 10.2. The number of aromatic amines is 1. The zero-order valence-electron chi connectivity index (χ0n) is 8.68. The molecule has 0 aliphatic heterocycles. The average molecular weight is 236 g/mol. The standard InChI is InChI=1S/C11H9FN2O3/c12-7-1-3-8(4-2-7)17-6-10-9(11(15)16)5-13-14-10/h1-5H,6H2,(H,13,14)(H,15,16). The van der Waals surface area contributed by atoms with Gasteiger partial charge in [0.15, 0.2) is 0 Å². The first-order chi connectivity index (χ1) is 8.16. The molecule has 2 rings (SSSR count). The topological polar surface area (TPSA) is 75.2 Å². The van der Waals surface area contributed by atoms with Gasteiger partial charge in [-0.1, -0.05) is 0 Å². The molecule has 0 atom stereocenters. The monoisotopic (exact) mass is 236 g/mol. The van der Waals surface area contributed by atoms with Crippen LogP contribution in [0.5, 0.6) is 5.75 Å². The van der Waals surface area contributed by atoms with E-state index in [1.165, 1.54) is 30.5 Å². The minimum Gasteiger partial charge on any atom is -0.487 e. The predicted octanol–water partition coefficient (Wildman–Crippen LogP) is 1.83. The molecule has 17 heavy (non-hydrogen) atoms. The average Bonchev–Trinajstić information content (AvgIpc) is 2.76. The number of hydrogen-bond acceptors (Lipinski definition) is 3. The molecule has 0 fully saturated rings. The number of rotatable bonds is 4. The van der Waals surface area contributed by atoms with E-state index in [1.54, 1.807) is 0 Å². The maximum atomic E-state index is 12.6. The van der Waals surface area contributed by atoms with Crippen molar-refractivity contribution < 1.29 is 19.0 Å². The predicted molar refractivity (Wildman–Crippen MR) is 56.3 cm³/mol. The number of benzene rings is 1. The van der Waals surface area contributed by atoms with Gasteiger partial charge in [-0.2, -0.15) is 5.10 Å². The summed E-state index contributed by atoms with van der Waals surface area (Å²) in [5.41, 5.74) is 0.425. The van der Waals surface area contributed by atoms with E-state index in [2.05, 4.69) is 10.2 Å². The molecule has 0 unspecified atom stereocenters. The molecule has 88 valence electrons. The second-order valence-corrected chi connectivity index (χ2v) is 3.31. The largest absolute Gasteiger partial charge is 0.487 e. The highest BCUT2D eigenvalue weighted by atomic mass is 19.1. The number of aromatic nitrogens is 2. The van der Waals surface area contributed by atoms with Crippen molar-refractivity contribution in [2.45, 2.75) is 6.61 Å². The molecular weight excluding hydrogens is 227 g/mol. The van der Waals surface area contributed by atoms with Crippen LogP contribution in [-0.4, -0.2) is 21.3 Å². The summed E-state index contributed by atoms with van der Waals surface area (Å²) in [6.07, 6.45) is 1.21. The van der Waals surface area contributed by atoms with Gasteiger partial charge >= 0.3 is 5.97 Å². The van der Waals surface area contributed by atoms with Crippen molar-refractivity contribution in [1.82, 2.24) is 10.2 Å². The Labute approximate surface area is 95.9 Å². The van der Waals surface area contributed by atoms with Gasteiger partial charge in [-0.05, 0) is 24.3 Å². The maximum absolute atomic E-state index is 12.6. The van der Waals surface area contributed by atoms with Gasteiger partial charge in [-0.25, -0.2) is 9.18 Å². The lowest BCUT2D eigenvalue weighted by molar-refractivity contribution is 0.0694. The fraction of sp³-hybridized carbons (Fsp3) is 0.0909. The first-order valence-corrected chi connectivity index (χ1v) is 4.80. The van der Waals surface area contributed by atoms with E-state index in [-0.39, 0.29) is 18.0 Å². The fourth-order valence-corrected chi connectivity index (χ4v) is 1.29. The van der Waals surface area contributed by atoms with Crippen molar-refractivity contribution in [2.75, 3.05) is 0 Å². The summed E-state index contributed by atoms with van der Waals surface area (Å²) in [6.45, 7) is 0.0350. The highest BCUT2D eigenvalue weighted by Gasteiger charge is 2.12. The van der Waals surface area contributed by atoms with Crippen molar-refractivity contribution >= 4 is 5.97 Å². The highest BCUT2D eigenvalue weighted by molar-refractivity contribution is 5.88. The number of carboxylic acids is 1. The Morgan fingerprint density at radius 3 is 2.76 bits per heavy atom. The van der Waals surface area contributed by atoms with E-state index in [1.807, 2.05) is 0 Å². The number of carboxylic acid groups (broad SMARTS) is 1. The molecule has 0 radical (unpaired) electrons. The number of nitrogens with one attached hydrogen (secondary N) is 1. The van der Waals surface area contributed by atoms with Crippen LogP contribution in [0.4, 0.5) is 4.39 Å². The molecule has 0 amide bonds. The summed E-state index contributed by atoms with van der Waals surface area (Å²) in [6, 6.07) is 5.46. The minimum absolute atomic E-state index is 0.0350. The zero-order valence-corrected chi connectivity index (χ0v) is 8.68. The number of aromatic carboxylic acids is 1. The number of hydrogen-bond donors (Lipinski definition) is 2. The SMILES string of the molecule is O=C(O)c1cn[nH]c1COc1ccc(F)cc1. The fourth-order valence-electron chi connectivity index (χ4n) is 1.29. The maximum Gasteiger partial charge on any atom is 0.339 e. The molecule has 1 aromatic heterocycles. The molecule has 6 heteroatoms. The van der Waals surface area contributed by atoms with Crippen molar-refractivity contribution in [3.63, 3.8) is 0 Å². The quantitative estimate of drug-likeness (QED) is 0.849. The first-order valence-electron chi connectivity index (χ1n) is 4.80. The summed E-state index contributed by atoms with van der Waals surface area (Å²) >= 11 is 0. The lowest BCUT2D eigenvalue weighted by Crippen LogP contribution is -2.03. The molecule has 0 saturated heterocycles. The van der Waals surface area contributed by atoms with Crippen molar-refractivity contribution in [2.24, 2.45) is 0 Å². The Morgan fingerprint density at radius 2 is 2.12 bits per heavy atom. The number of nitrogens with zero attached hydrogens (tertiary/aromatic N) is 1. The van der Waals surface area contributed by atoms with Crippen LogP contribution in [0.1, 0.15) is 16.1 Å². The van der Waals surface area contributed by atoms with E-state index in [0.29, 0.717) is 11.4 Å². The van der Waals surface area contributed by atoms with Crippen LogP contribution in [0.3, 0.4) is 0 Å². The third-order valence-electron chi connectivity index (χ3n) is 2.15. The molecule has 0 spiro atoms. The Bertz CT molecular complexity index is 522. The van der Waals surface area contributed by atoms with Gasteiger partial charge < -0.3 is 9.84 Å². The first kappa shape index (κ1) is 11.1. The van der Waals surface area contributed by atoms with Crippen LogP contribution in [-0.2, 0) is 6.61 Å². The smallest absolute Gasteiger partial charge is 0.339 e. The third kappa shape index (κ3) is 2.60. The second kappa shape index (κ2) is 4.65. The van der Waals surface area contributed by atoms with E-state index in [0.717, 1.165) is 0 Å². The molecule has 1 aromatic carbocycles. The van der Waals surface area contributed by atoms with Gasteiger partial charge in [0.25, 0.3) is 0 Å². The number of carbonyl (C=O) groups is 1. The van der Waals surface area contributed by atoms with Crippen LogP contribution < -0.4 is 4.74 Å². The second-order valence-electron chi connectivity index (χ2n) is 3.31. The van der Waals surface area contributed by atoms with Crippen molar-refractivity contribution in [3.8, 4) is 5.75 Å².